The van der Waals surface area contributed by atoms with Gasteiger partial charge in [0.2, 0.25) is 41.2 Å². The number of fused-ring (bicyclic) bond motifs is 4. The average Bonchev–Trinajstić information content (AvgIpc) is 1.72. The number of nitrogen functional groups attached to an aromatic ring is 2. The van der Waals surface area contributed by atoms with Gasteiger partial charge in [-0.2, -0.15) is 0 Å². The monoisotopic (exact) mass is 1440 g/mol. The van der Waals surface area contributed by atoms with Crippen LogP contribution in [0.5, 0.6) is 17.6 Å². The summed E-state index contributed by atoms with van der Waals surface area (Å²) in [6, 6.07) is 35.1. The van der Waals surface area contributed by atoms with Crippen LogP contribution in [0.4, 0.5) is 5.13 Å². The number of methoxy groups -OCH3 is 3. The van der Waals surface area contributed by atoms with Crippen LogP contribution in [0.3, 0.4) is 0 Å². The van der Waals surface area contributed by atoms with E-state index in [4.69, 9.17) is 93.2 Å². The third-order valence-corrected chi connectivity index (χ3v) is 17.9. The number of pyridine rings is 4. The Morgan fingerprint density at radius 2 is 0.926 bits per heavy atom. The number of rotatable bonds is 15. The predicted octanol–water partition coefficient (Wildman–Crippen LogP) is 13.2. The van der Waals surface area contributed by atoms with Gasteiger partial charge >= 0.3 is 0 Å². The number of hydrogen-bond donors (Lipinski definition) is 5. The number of hydrogen-bond acceptors (Lipinski definition) is 26. The zero-order chi connectivity index (χ0) is 67.0. The summed E-state index contributed by atoms with van der Waals surface area (Å²) in [6.07, 6.45) is 8.04. The molecule has 14 rings (SSSR count). The maximum Gasteiger partial charge on any atom is 0.275 e. The number of aromatic nitrogens is 12. The normalized spacial score (nSPS) is 10.7. The molecule has 2 amide bonds. The molecule has 0 bridgehead atoms. The molecule has 0 atom stereocenters. The number of nitrogens with one attached hydrogen (secondary N) is 3. The molecule has 0 aliphatic heterocycles. The highest BCUT2D eigenvalue weighted by molar-refractivity contribution is 7.80. The topological polar surface area (TPSA) is 339 Å². The minimum atomic E-state index is -0.318. The number of nitrogens with zero attached hydrogens (tertiary/aromatic N) is 11. The van der Waals surface area contributed by atoms with E-state index in [0.717, 1.165) is 61.5 Å². The van der Waals surface area contributed by atoms with Gasteiger partial charge < -0.3 is 39.1 Å². The lowest BCUT2D eigenvalue weighted by Crippen LogP contribution is -2.29. The van der Waals surface area contributed by atoms with E-state index in [1.165, 1.54) is 22.7 Å². The van der Waals surface area contributed by atoms with Gasteiger partial charge in [-0.05, 0) is 121 Å². The molecule has 14 aromatic rings. The van der Waals surface area contributed by atoms with Gasteiger partial charge in [0.05, 0.1) is 58.0 Å². The Morgan fingerprint density at radius 3 is 1.38 bits per heavy atom. The first-order chi connectivity index (χ1) is 46.0. The summed E-state index contributed by atoms with van der Waals surface area (Å²) in [5, 5.41) is 24.6. The van der Waals surface area contributed by atoms with E-state index in [1.807, 2.05) is 54.0 Å². The molecule has 0 spiro atoms. The van der Waals surface area contributed by atoms with Gasteiger partial charge in [-0.15, -0.1) is 54.4 Å². The maximum atomic E-state index is 12.1. The fraction of sp³-hybridized carbons (Fsp3) is 0.113. The molecule has 0 radical (unpaired) electrons. The van der Waals surface area contributed by atoms with Gasteiger partial charge in [0.1, 0.15) is 32.1 Å². The lowest BCUT2D eigenvalue weighted by Gasteiger charge is -2.05. The number of thiocarbonyl (C=S) groups is 1. The molecule has 0 saturated heterocycles. The molecule has 0 fully saturated rings. The minimum Gasteiger partial charge on any atom is -0.479 e. The first kappa shape index (κ1) is 68.3. The molecule has 7 N–H and O–H groups in total. The van der Waals surface area contributed by atoms with Crippen molar-refractivity contribution >= 4 is 167 Å². The summed E-state index contributed by atoms with van der Waals surface area (Å²) in [5.41, 5.74) is 12.7. The number of carbonyl (C=O) groups excluding carboxylic acids is 2. The van der Waals surface area contributed by atoms with Gasteiger partial charge in [-0.1, -0.05) is 70.0 Å². The van der Waals surface area contributed by atoms with Crippen LogP contribution >= 0.6 is 104 Å². The predicted molar refractivity (Wildman–Crippen MR) is 375 cm³/mol. The van der Waals surface area contributed by atoms with Gasteiger partial charge in [0.25, 0.3) is 17.4 Å². The quantitative estimate of drug-likeness (QED) is 0.0275. The summed E-state index contributed by atoms with van der Waals surface area (Å²) in [4.78, 5) is 67.7. The molecule has 0 aliphatic carbocycles. The second-order valence-electron chi connectivity index (χ2n) is 19.2. The summed E-state index contributed by atoms with van der Waals surface area (Å²) in [5.74, 6) is 7.79. The summed E-state index contributed by atoms with van der Waals surface area (Å²) in [6.45, 7) is 0.308. The van der Waals surface area contributed by atoms with Crippen molar-refractivity contribution in [3.05, 3.63) is 214 Å². The molecule has 95 heavy (non-hydrogen) atoms. The van der Waals surface area contributed by atoms with E-state index in [2.05, 4.69) is 65.6 Å². The molecular formula is C62H48Cl4N16O8S5. The number of amides is 2. The van der Waals surface area contributed by atoms with Crippen molar-refractivity contribution in [2.75, 3.05) is 33.6 Å². The number of hydrazine groups is 1. The second-order valence-corrected chi connectivity index (χ2v) is 25.9. The lowest BCUT2D eigenvalue weighted by atomic mass is 10.2. The van der Waals surface area contributed by atoms with Crippen molar-refractivity contribution in [1.29, 1.82) is 0 Å². The van der Waals surface area contributed by atoms with Crippen LogP contribution in [0.15, 0.2) is 160 Å². The highest BCUT2D eigenvalue weighted by Crippen LogP contribution is 2.32. The number of ether oxygens (including phenoxy) is 3. The van der Waals surface area contributed by atoms with Gasteiger partial charge in [0.15, 0.2) is 5.13 Å². The smallest absolute Gasteiger partial charge is 0.275 e. The molecule has 4 aromatic carbocycles. The molecule has 24 nitrogen and oxygen atoms in total. The third kappa shape index (κ3) is 18.2. The fourth-order valence-electron chi connectivity index (χ4n) is 8.32. The number of carbonyl (C=O) groups is 2. The molecule has 33 heteroatoms. The van der Waals surface area contributed by atoms with Crippen LogP contribution in [0.2, 0.25) is 20.1 Å². The van der Waals surface area contributed by atoms with Crippen molar-refractivity contribution < 1.29 is 32.6 Å². The van der Waals surface area contributed by atoms with Crippen LogP contribution in [0, 0.1) is 0 Å². The summed E-state index contributed by atoms with van der Waals surface area (Å²) >= 11 is 34.5. The van der Waals surface area contributed by atoms with E-state index in [9.17, 15) is 14.4 Å². The average molecular weight is 1450 g/mol. The van der Waals surface area contributed by atoms with Gasteiger partial charge in [0, 0.05) is 85.0 Å². The van der Waals surface area contributed by atoms with E-state index >= 15 is 0 Å². The molecular weight excluding hydrogens is 1400 g/mol. The maximum absolute atomic E-state index is 12.1. The molecule has 482 valence electrons. The second kappa shape index (κ2) is 32.5. The Morgan fingerprint density at radius 1 is 0.526 bits per heavy atom. The van der Waals surface area contributed by atoms with Gasteiger partial charge in [-0.3, -0.25) is 19.8 Å². The Labute approximate surface area is 579 Å². The number of H-pyrrole nitrogens is 1. The highest BCUT2D eigenvalue weighted by Gasteiger charge is 2.18. The van der Waals surface area contributed by atoms with Crippen LogP contribution in [-0.2, 0) is 19.3 Å². The number of benzene rings is 4. The summed E-state index contributed by atoms with van der Waals surface area (Å²) in [7, 11) is 4.71. The highest BCUT2D eigenvalue weighted by atomic mass is 35.5. The van der Waals surface area contributed by atoms with Crippen molar-refractivity contribution in [3.63, 3.8) is 0 Å². The largest absolute Gasteiger partial charge is 0.479 e. The van der Waals surface area contributed by atoms with Crippen molar-refractivity contribution in [2.45, 2.75) is 19.3 Å². The SMILES string of the molecule is COc1nccc2sc(CC(=S)CNC(=O)c3ccc(Cl)cc3)nc12.COc1nccc2sc(Cc3nnc(-c4ccc(Cl)cc4)o3)nc12.COc1nccc2sc(N)nc12.NNC(=O)c1ccc(Cl)cc1.O=c1[nH]ccc2sc(Cc3nnc(-c4ccc(Cl)cc4)o3)nc12. The molecule has 10 aromatic heterocycles. The van der Waals surface area contributed by atoms with Gasteiger partial charge in [-0.25, -0.2) is 40.7 Å². The van der Waals surface area contributed by atoms with Crippen molar-refractivity contribution in [2.24, 2.45) is 5.84 Å². The summed E-state index contributed by atoms with van der Waals surface area (Å²) < 4.78 is 30.7. The van der Waals surface area contributed by atoms with Crippen LogP contribution in [0.1, 0.15) is 47.5 Å². The number of nitrogens with two attached hydrogens (primary N) is 2. The zero-order valence-corrected chi connectivity index (χ0v) is 56.7. The number of halogens is 4. The molecule has 10 heterocycles. The Kier molecular flexibility index (Phi) is 23.4. The zero-order valence-electron chi connectivity index (χ0n) is 49.6. The number of aromatic amines is 1. The first-order valence-corrected chi connectivity index (χ1v) is 32.8. The lowest BCUT2D eigenvalue weighted by molar-refractivity contribution is 0.0948. The minimum absolute atomic E-state index is 0.186. The Hall–Kier alpha value is -9.53. The molecule has 0 saturated carbocycles. The number of anilines is 1. The van der Waals surface area contributed by atoms with E-state index in [1.54, 1.807) is 142 Å². The van der Waals surface area contributed by atoms with E-state index < -0.39 is 0 Å². The standard InChI is InChI=1S/C17H14ClN3O2S2.C16H11ClN4O2S.C15H9ClN4O2S.C7H7ClN2O.C7H7N3OS/c1-23-17-15-13(6-7-19-17)25-14(21-15)8-12(24)9-20-16(22)10-2-4-11(18)5-3-10;1-22-16-14-11(6-7-18-16)24-13(19-14)8-12-20-21-15(23-12)9-2-4-10(17)5-3-9;16-9-3-1-8(2-4-9)15-20-19-11(22-15)7-12-18-13-10(23-12)5-6-17-14(13)21;8-6-3-1-5(2-4-6)7(11)10-9;1-11-6-5-4(2-3-9-6)12-7(8)10-5/h2-7H,8-9H2,1H3,(H,20,22);2-7H,8H2,1H3;1-6H,7H2,(H,17,21);1-4H,9H2,(H,10,11);2-3H,1H3,(H2,8,10). The van der Waals surface area contributed by atoms with Crippen molar-refractivity contribution in [1.82, 2.24) is 71.0 Å². The molecule has 0 aliphatic rings. The first-order valence-electron chi connectivity index (χ1n) is 27.6. The number of thiazole rings is 4. The fourth-order valence-corrected chi connectivity index (χ4v) is 12.7. The third-order valence-electron chi connectivity index (χ3n) is 12.7. The Balaban J connectivity index is 0.000000134. The van der Waals surface area contributed by atoms with E-state index in [0.29, 0.717) is 114 Å². The van der Waals surface area contributed by atoms with Crippen molar-refractivity contribution in [3.8, 4) is 40.5 Å². The molecule has 0 unspecified atom stereocenters. The Bertz CT molecular complexity index is 5010. The van der Waals surface area contributed by atoms with Crippen LogP contribution in [0.25, 0.3) is 63.8 Å². The van der Waals surface area contributed by atoms with Crippen LogP contribution in [-0.4, -0.2) is 105 Å². The van der Waals surface area contributed by atoms with Crippen LogP contribution < -0.4 is 42.1 Å². The van der Waals surface area contributed by atoms with E-state index in [-0.39, 0.29) is 17.4 Å².